The van der Waals surface area contributed by atoms with Crippen LogP contribution in [0.2, 0.25) is 0 Å². The van der Waals surface area contributed by atoms with Crippen molar-refractivity contribution >= 4 is 5.91 Å². The Bertz CT molecular complexity index is 528. The van der Waals surface area contributed by atoms with Crippen molar-refractivity contribution in [2.75, 3.05) is 19.6 Å². The second-order valence-corrected chi connectivity index (χ2v) is 6.82. The maximum atomic E-state index is 14.1. The van der Waals surface area contributed by atoms with Crippen molar-refractivity contribution in [2.45, 2.75) is 38.6 Å². The quantitative estimate of drug-likeness (QED) is 0.930. The number of likely N-dealkylation sites (tertiary alicyclic amines) is 1. The molecular weight excluding hydrogens is 279 g/mol. The van der Waals surface area contributed by atoms with Gasteiger partial charge in [-0.3, -0.25) is 4.79 Å². The Labute approximate surface area is 131 Å². The van der Waals surface area contributed by atoms with Crippen LogP contribution in [-0.4, -0.2) is 30.4 Å². The van der Waals surface area contributed by atoms with Crippen molar-refractivity contribution in [1.82, 2.24) is 10.2 Å². The van der Waals surface area contributed by atoms with E-state index in [1.54, 1.807) is 6.07 Å². The predicted octanol–water partition coefficient (Wildman–Crippen LogP) is 3.12. The Hall–Kier alpha value is -1.42. The number of hydrogen-bond acceptors (Lipinski definition) is 2. The first-order chi connectivity index (χ1) is 10.6. The molecule has 120 valence electrons. The first-order valence-corrected chi connectivity index (χ1v) is 8.39. The Morgan fingerprint density at radius 1 is 1.32 bits per heavy atom. The summed E-state index contributed by atoms with van der Waals surface area (Å²) < 4.78 is 14.1. The Kier molecular flexibility index (Phi) is 4.77. The molecule has 0 bridgehead atoms. The molecule has 0 unspecified atom stereocenters. The van der Waals surface area contributed by atoms with Crippen LogP contribution in [-0.2, 0) is 4.79 Å². The largest absolute Gasteiger partial charge is 0.335 e. The Morgan fingerprint density at radius 2 is 2.05 bits per heavy atom. The minimum Gasteiger partial charge on any atom is -0.335 e. The van der Waals surface area contributed by atoms with E-state index < -0.39 is 0 Å². The number of amides is 1. The number of nitrogens with zero attached hydrogens (tertiary/aromatic N) is 1. The summed E-state index contributed by atoms with van der Waals surface area (Å²) in [6.45, 7) is 4.91. The third-order valence-electron chi connectivity index (χ3n) is 5.02. The van der Waals surface area contributed by atoms with Gasteiger partial charge in [0.15, 0.2) is 0 Å². The zero-order valence-corrected chi connectivity index (χ0v) is 13.2. The van der Waals surface area contributed by atoms with Gasteiger partial charge in [0, 0.05) is 18.5 Å². The van der Waals surface area contributed by atoms with Crippen LogP contribution in [0.5, 0.6) is 0 Å². The summed E-state index contributed by atoms with van der Waals surface area (Å²) >= 11 is 0. The summed E-state index contributed by atoms with van der Waals surface area (Å²) in [5.41, 5.74) is 0.672. The lowest BCUT2D eigenvalue weighted by molar-refractivity contribution is -0.133. The van der Waals surface area contributed by atoms with Gasteiger partial charge in [-0.2, -0.15) is 0 Å². The van der Waals surface area contributed by atoms with Crippen molar-refractivity contribution in [2.24, 2.45) is 11.8 Å². The van der Waals surface area contributed by atoms with E-state index in [1.807, 2.05) is 17.0 Å². The molecule has 2 saturated heterocycles. The summed E-state index contributed by atoms with van der Waals surface area (Å²) in [4.78, 5) is 14.7. The maximum Gasteiger partial charge on any atom is 0.223 e. The van der Waals surface area contributed by atoms with Gasteiger partial charge >= 0.3 is 0 Å². The van der Waals surface area contributed by atoms with Gasteiger partial charge in [-0.1, -0.05) is 25.1 Å². The van der Waals surface area contributed by atoms with Gasteiger partial charge < -0.3 is 10.2 Å². The summed E-state index contributed by atoms with van der Waals surface area (Å²) in [6.07, 6.45) is 3.61. The second-order valence-electron chi connectivity index (χ2n) is 6.82. The highest BCUT2D eigenvalue weighted by Gasteiger charge is 2.36. The van der Waals surface area contributed by atoms with Gasteiger partial charge in [0.25, 0.3) is 0 Å². The van der Waals surface area contributed by atoms with E-state index >= 15 is 0 Å². The SMILES string of the molecule is C[C@@H]1C[C@H](c2ccccc2F)N(C(=O)CC2CCNCC2)C1. The predicted molar refractivity (Wildman–Crippen MR) is 84.8 cm³/mol. The normalized spacial score (nSPS) is 26.4. The van der Waals surface area contributed by atoms with Crippen molar-refractivity contribution in [3.8, 4) is 0 Å². The highest BCUT2D eigenvalue weighted by Crippen LogP contribution is 2.37. The molecule has 2 aliphatic heterocycles. The third-order valence-corrected chi connectivity index (χ3v) is 5.02. The van der Waals surface area contributed by atoms with Gasteiger partial charge in [-0.25, -0.2) is 4.39 Å². The minimum absolute atomic E-state index is 0.0922. The molecule has 1 N–H and O–H groups in total. The van der Waals surface area contributed by atoms with E-state index in [-0.39, 0.29) is 17.8 Å². The van der Waals surface area contributed by atoms with Crippen LogP contribution in [0.15, 0.2) is 24.3 Å². The first-order valence-electron chi connectivity index (χ1n) is 8.39. The van der Waals surface area contributed by atoms with E-state index in [1.165, 1.54) is 6.07 Å². The van der Waals surface area contributed by atoms with E-state index in [9.17, 15) is 9.18 Å². The number of hydrogen-bond donors (Lipinski definition) is 1. The fourth-order valence-electron chi connectivity index (χ4n) is 3.81. The number of rotatable bonds is 3. The van der Waals surface area contributed by atoms with Crippen molar-refractivity contribution < 1.29 is 9.18 Å². The zero-order valence-electron chi connectivity index (χ0n) is 13.2. The molecule has 2 atom stereocenters. The van der Waals surface area contributed by atoms with E-state index in [2.05, 4.69) is 12.2 Å². The second kappa shape index (κ2) is 6.78. The molecule has 0 radical (unpaired) electrons. The molecule has 0 saturated carbocycles. The summed E-state index contributed by atoms with van der Waals surface area (Å²) in [5.74, 6) is 0.915. The average molecular weight is 304 g/mol. The van der Waals surface area contributed by atoms with Gasteiger partial charge in [0.05, 0.1) is 6.04 Å². The fourth-order valence-corrected chi connectivity index (χ4v) is 3.81. The monoisotopic (exact) mass is 304 g/mol. The van der Waals surface area contributed by atoms with Gasteiger partial charge in [-0.05, 0) is 50.3 Å². The molecule has 2 fully saturated rings. The van der Waals surface area contributed by atoms with Crippen molar-refractivity contribution in [3.05, 3.63) is 35.6 Å². The van der Waals surface area contributed by atoms with E-state index in [0.29, 0.717) is 23.8 Å². The molecule has 4 heteroatoms. The molecule has 3 nitrogen and oxygen atoms in total. The van der Waals surface area contributed by atoms with Gasteiger partial charge in [-0.15, -0.1) is 0 Å². The standard InChI is InChI=1S/C18H25FN2O/c1-13-10-17(15-4-2-3-5-16(15)19)21(12-13)18(22)11-14-6-8-20-9-7-14/h2-5,13-14,17,20H,6-12H2,1H3/t13-,17-/m1/s1. The Balaban J connectivity index is 1.72. The van der Waals surface area contributed by atoms with Crippen LogP contribution < -0.4 is 5.32 Å². The molecule has 22 heavy (non-hydrogen) atoms. The smallest absolute Gasteiger partial charge is 0.223 e. The lowest BCUT2D eigenvalue weighted by Gasteiger charge is -2.29. The van der Waals surface area contributed by atoms with Crippen LogP contribution in [0.25, 0.3) is 0 Å². The number of benzene rings is 1. The molecular formula is C18H25FN2O. The zero-order chi connectivity index (χ0) is 15.5. The molecule has 0 spiro atoms. The van der Waals surface area contributed by atoms with Crippen molar-refractivity contribution in [1.29, 1.82) is 0 Å². The summed E-state index contributed by atoms with van der Waals surface area (Å²) in [6, 6.07) is 6.79. The van der Waals surface area contributed by atoms with Gasteiger partial charge in [0.1, 0.15) is 5.82 Å². The van der Waals surface area contributed by atoms with Crippen molar-refractivity contribution in [3.63, 3.8) is 0 Å². The topological polar surface area (TPSA) is 32.3 Å². The average Bonchev–Trinajstić information content (AvgIpc) is 2.90. The molecule has 2 heterocycles. The number of piperidine rings is 1. The first kappa shape index (κ1) is 15.5. The fraction of sp³-hybridized carbons (Fsp3) is 0.611. The summed E-state index contributed by atoms with van der Waals surface area (Å²) in [5, 5.41) is 3.33. The molecule has 2 aliphatic rings. The maximum absolute atomic E-state index is 14.1. The van der Waals surface area contributed by atoms with E-state index in [4.69, 9.17) is 0 Å². The van der Waals surface area contributed by atoms with Crippen LogP contribution >= 0.6 is 0 Å². The summed E-state index contributed by atoms with van der Waals surface area (Å²) in [7, 11) is 0. The Morgan fingerprint density at radius 3 is 2.77 bits per heavy atom. The molecule has 0 aliphatic carbocycles. The number of nitrogens with one attached hydrogen (secondary N) is 1. The third kappa shape index (κ3) is 3.32. The number of carbonyl (C=O) groups is 1. The van der Waals surface area contributed by atoms with Crippen LogP contribution in [0, 0.1) is 17.7 Å². The molecule has 1 aromatic rings. The van der Waals surface area contributed by atoms with E-state index in [0.717, 1.165) is 38.9 Å². The lowest BCUT2D eigenvalue weighted by atomic mass is 9.93. The molecule has 0 aromatic heterocycles. The molecule has 1 amide bonds. The highest BCUT2D eigenvalue weighted by molar-refractivity contribution is 5.77. The molecule has 3 rings (SSSR count). The highest BCUT2D eigenvalue weighted by atomic mass is 19.1. The van der Waals surface area contributed by atoms with Gasteiger partial charge in [0.2, 0.25) is 5.91 Å². The van der Waals surface area contributed by atoms with Crippen LogP contribution in [0.4, 0.5) is 4.39 Å². The van der Waals surface area contributed by atoms with Crippen LogP contribution in [0.3, 0.4) is 0 Å². The molecule has 1 aromatic carbocycles. The van der Waals surface area contributed by atoms with Crippen LogP contribution in [0.1, 0.15) is 44.2 Å². The lowest BCUT2D eigenvalue weighted by Crippen LogP contribution is -2.35. The number of carbonyl (C=O) groups excluding carboxylic acids is 1. The minimum atomic E-state index is -0.193. The number of halogens is 1.